The molecule has 0 unspecified atom stereocenters. The van der Waals surface area contributed by atoms with Gasteiger partial charge in [-0.15, -0.1) is 0 Å². The molecule has 0 saturated carbocycles. The Balaban J connectivity index is 2.25. The SMILES string of the molecule is Cc1cc(-c2ccccc2)nnc1CCCO. The lowest BCUT2D eigenvalue weighted by atomic mass is 10.1. The Morgan fingerprint density at radius 3 is 2.53 bits per heavy atom. The summed E-state index contributed by atoms with van der Waals surface area (Å²) in [6.45, 7) is 2.23. The van der Waals surface area contributed by atoms with Crippen LogP contribution in [0.5, 0.6) is 0 Å². The van der Waals surface area contributed by atoms with Crippen LogP contribution in [-0.4, -0.2) is 21.9 Å². The number of rotatable bonds is 4. The van der Waals surface area contributed by atoms with E-state index in [0.29, 0.717) is 0 Å². The van der Waals surface area contributed by atoms with E-state index in [1.165, 1.54) is 0 Å². The monoisotopic (exact) mass is 228 g/mol. The molecule has 2 aromatic rings. The van der Waals surface area contributed by atoms with Crippen molar-refractivity contribution in [3.8, 4) is 11.3 Å². The Morgan fingerprint density at radius 1 is 1.12 bits per heavy atom. The number of aliphatic hydroxyl groups excluding tert-OH is 1. The van der Waals surface area contributed by atoms with E-state index in [9.17, 15) is 0 Å². The average Bonchev–Trinajstić information content (AvgIpc) is 2.38. The second-order valence-electron chi connectivity index (χ2n) is 4.05. The molecule has 0 fully saturated rings. The predicted octanol–water partition coefficient (Wildman–Crippen LogP) is 2.38. The molecule has 1 heterocycles. The first-order valence-electron chi connectivity index (χ1n) is 5.81. The van der Waals surface area contributed by atoms with Gasteiger partial charge in [-0.25, -0.2) is 0 Å². The van der Waals surface area contributed by atoms with Crippen molar-refractivity contribution >= 4 is 0 Å². The third-order valence-electron chi connectivity index (χ3n) is 2.73. The largest absolute Gasteiger partial charge is 0.396 e. The molecule has 3 nitrogen and oxygen atoms in total. The van der Waals surface area contributed by atoms with Crippen molar-refractivity contribution in [1.82, 2.24) is 10.2 Å². The van der Waals surface area contributed by atoms with Crippen LogP contribution in [0.3, 0.4) is 0 Å². The lowest BCUT2D eigenvalue weighted by Gasteiger charge is -2.05. The predicted molar refractivity (Wildman–Crippen MR) is 67.6 cm³/mol. The molecule has 0 aliphatic heterocycles. The van der Waals surface area contributed by atoms with Crippen molar-refractivity contribution in [3.63, 3.8) is 0 Å². The van der Waals surface area contributed by atoms with Gasteiger partial charge in [-0.2, -0.15) is 10.2 Å². The highest BCUT2D eigenvalue weighted by atomic mass is 16.2. The van der Waals surface area contributed by atoms with E-state index in [1.54, 1.807) is 0 Å². The minimum atomic E-state index is 0.196. The Kier molecular flexibility index (Phi) is 3.83. The summed E-state index contributed by atoms with van der Waals surface area (Å²) in [6, 6.07) is 12.1. The van der Waals surface area contributed by atoms with Gasteiger partial charge in [0.2, 0.25) is 0 Å². The fourth-order valence-corrected chi connectivity index (χ4v) is 1.75. The van der Waals surface area contributed by atoms with Crippen molar-refractivity contribution in [3.05, 3.63) is 47.7 Å². The zero-order valence-corrected chi connectivity index (χ0v) is 9.93. The lowest BCUT2D eigenvalue weighted by Crippen LogP contribution is -2.00. The maximum Gasteiger partial charge on any atom is 0.0932 e. The molecule has 0 radical (unpaired) electrons. The van der Waals surface area contributed by atoms with Gasteiger partial charge in [0.15, 0.2) is 0 Å². The van der Waals surface area contributed by atoms with Crippen molar-refractivity contribution in [2.24, 2.45) is 0 Å². The molecule has 17 heavy (non-hydrogen) atoms. The van der Waals surface area contributed by atoms with Crippen molar-refractivity contribution < 1.29 is 5.11 Å². The smallest absolute Gasteiger partial charge is 0.0932 e. The first kappa shape index (κ1) is 11.7. The minimum absolute atomic E-state index is 0.196. The number of nitrogens with zero attached hydrogens (tertiary/aromatic N) is 2. The summed E-state index contributed by atoms with van der Waals surface area (Å²) >= 11 is 0. The van der Waals surface area contributed by atoms with Gasteiger partial charge in [-0.1, -0.05) is 30.3 Å². The van der Waals surface area contributed by atoms with Crippen LogP contribution < -0.4 is 0 Å². The van der Waals surface area contributed by atoms with Gasteiger partial charge in [0.1, 0.15) is 0 Å². The molecule has 1 aromatic carbocycles. The Labute approximate surface area is 101 Å². The van der Waals surface area contributed by atoms with E-state index in [2.05, 4.69) is 16.3 Å². The summed E-state index contributed by atoms with van der Waals surface area (Å²) in [5.41, 5.74) is 4.08. The molecule has 0 spiro atoms. The number of aryl methyl sites for hydroxylation is 2. The fourth-order valence-electron chi connectivity index (χ4n) is 1.75. The van der Waals surface area contributed by atoms with Crippen LogP contribution in [-0.2, 0) is 6.42 Å². The van der Waals surface area contributed by atoms with E-state index >= 15 is 0 Å². The summed E-state index contributed by atoms with van der Waals surface area (Å²) in [6.07, 6.45) is 1.52. The van der Waals surface area contributed by atoms with Crippen molar-refractivity contribution in [2.75, 3.05) is 6.61 Å². The summed E-state index contributed by atoms with van der Waals surface area (Å²) in [5.74, 6) is 0. The highest BCUT2D eigenvalue weighted by Gasteiger charge is 2.04. The zero-order chi connectivity index (χ0) is 12.1. The Hall–Kier alpha value is -1.74. The molecule has 0 amide bonds. The number of hydrogen-bond acceptors (Lipinski definition) is 3. The zero-order valence-electron chi connectivity index (χ0n) is 9.93. The molecular weight excluding hydrogens is 212 g/mol. The molecule has 1 aromatic heterocycles. The average molecular weight is 228 g/mol. The van der Waals surface area contributed by atoms with Gasteiger partial charge >= 0.3 is 0 Å². The molecule has 0 aliphatic rings. The van der Waals surface area contributed by atoms with E-state index in [1.807, 2.05) is 37.3 Å². The van der Waals surface area contributed by atoms with Crippen LogP contribution in [0.4, 0.5) is 0 Å². The molecule has 88 valence electrons. The molecule has 0 aliphatic carbocycles. The van der Waals surface area contributed by atoms with Crippen LogP contribution in [0.1, 0.15) is 17.7 Å². The molecule has 2 rings (SSSR count). The Morgan fingerprint density at radius 2 is 1.88 bits per heavy atom. The molecule has 1 N–H and O–H groups in total. The lowest BCUT2D eigenvalue weighted by molar-refractivity contribution is 0.288. The summed E-state index contributed by atoms with van der Waals surface area (Å²) < 4.78 is 0. The molecule has 0 atom stereocenters. The summed E-state index contributed by atoms with van der Waals surface area (Å²) in [5, 5.41) is 17.3. The van der Waals surface area contributed by atoms with Crippen LogP contribution in [0.15, 0.2) is 36.4 Å². The molecule has 0 bridgehead atoms. The third kappa shape index (κ3) is 2.88. The second kappa shape index (κ2) is 5.55. The van der Waals surface area contributed by atoms with Crippen molar-refractivity contribution in [1.29, 1.82) is 0 Å². The standard InChI is InChI=1S/C14H16N2O/c1-11-10-14(12-6-3-2-4-7-12)16-15-13(11)8-5-9-17/h2-4,6-7,10,17H,5,8-9H2,1H3. The van der Waals surface area contributed by atoms with E-state index < -0.39 is 0 Å². The highest BCUT2D eigenvalue weighted by Crippen LogP contribution is 2.18. The minimum Gasteiger partial charge on any atom is -0.396 e. The van der Waals surface area contributed by atoms with Crippen LogP contribution in [0.25, 0.3) is 11.3 Å². The first-order chi connectivity index (χ1) is 8.31. The fraction of sp³-hybridized carbons (Fsp3) is 0.286. The highest BCUT2D eigenvalue weighted by molar-refractivity contribution is 5.59. The molecule has 0 saturated heterocycles. The van der Waals surface area contributed by atoms with Gasteiger partial charge in [0.25, 0.3) is 0 Å². The number of benzene rings is 1. The first-order valence-corrected chi connectivity index (χ1v) is 5.81. The van der Waals surface area contributed by atoms with Crippen LogP contribution in [0, 0.1) is 6.92 Å². The van der Waals surface area contributed by atoms with Gasteiger partial charge in [0.05, 0.1) is 11.4 Å². The quantitative estimate of drug-likeness (QED) is 0.873. The topological polar surface area (TPSA) is 46.0 Å². The van der Waals surface area contributed by atoms with E-state index in [4.69, 9.17) is 5.11 Å². The summed E-state index contributed by atoms with van der Waals surface area (Å²) in [4.78, 5) is 0. The number of aromatic nitrogens is 2. The third-order valence-corrected chi connectivity index (χ3v) is 2.73. The van der Waals surface area contributed by atoms with E-state index in [0.717, 1.165) is 35.4 Å². The normalized spacial score (nSPS) is 10.5. The van der Waals surface area contributed by atoms with Gasteiger partial charge in [0, 0.05) is 12.2 Å². The molecule has 3 heteroatoms. The number of aliphatic hydroxyl groups is 1. The van der Waals surface area contributed by atoms with Gasteiger partial charge < -0.3 is 5.11 Å². The van der Waals surface area contributed by atoms with Crippen molar-refractivity contribution in [2.45, 2.75) is 19.8 Å². The van der Waals surface area contributed by atoms with Gasteiger partial charge in [-0.3, -0.25) is 0 Å². The van der Waals surface area contributed by atoms with Crippen LogP contribution >= 0.6 is 0 Å². The second-order valence-corrected chi connectivity index (χ2v) is 4.05. The summed E-state index contributed by atoms with van der Waals surface area (Å²) in [7, 11) is 0. The van der Waals surface area contributed by atoms with Crippen LogP contribution in [0.2, 0.25) is 0 Å². The maximum atomic E-state index is 8.80. The van der Waals surface area contributed by atoms with Gasteiger partial charge in [-0.05, 0) is 31.4 Å². The Bertz CT molecular complexity index is 483. The van der Waals surface area contributed by atoms with E-state index in [-0.39, 0.29) is 6.61 Å². The number of hydrogen-bond donors (Lipinski definition) is 1. The maximum absolute atomic E-state index is 8.80. The molecular formula is C14H16N2O.